The van der Waals surface area contributed by atoms with Crippen molar-refractivity contribution in [2.24, 2.45) is 0 Å². The normalized spacial score (nSPS) is 11.9. The summed E-state index contributed by atoms with van der Waals surface area (Å²) in [6.07, 6.45) is 0. The summed E-state index contributed by atoms with van der Waals surface area (Å²) in [6.45, 7) is 0. The lowest BCUT2D eigenvalue weighted by Gasteiger charge is -2.02. The van der Waals surface area contributed by atoms with E-state index in [4.69, 9.17) is 21.8 Å². The van der Waals surface area contributed by atoms with Crippen LogP contribution in [0.4, 0.5) is 5.69 Å². The fourth-order valence-corrected chi connectivity index (χ4v) is 3.46. The molecular formula is C14H11ClN2O3S. The van der Waals surface area contributed by atoms with Gasteiger partial charge in [0.15, 0.2) is 5.58 Å². The Morgan fingerprint density at radius 1 is 1.19 bits per heavy atom. The van der Waals surface area contributed by atoms with Gasteiger partial charge in [0.2, 0.25) is 9.84 Å². The SMILES string of the molecule is Nc1ccc2nc(S(=O)(=O)Cc3ccccc3Cl)oc2c1. The van der Waals surface area contributed by atoms with Crippen LogP contribution < -0.4 is 5.73 Å². The van der Waals surface area contributed by atoms with E-state index in [1.54, 1.807) is 36.4 Å². The van der Waals surface area contributed by atoms with Gasteiger partial charge in [-0.25, -0.2) is 8.42 Å². The Morgan fingerprint density at radius 3 is 2.71 bits per heavy atom. The maximum atomic E-state index is 12.4. The van der Waals surface area contributed by atoms with Gasteiger partial charge >= 0.3 is 5.22 Å². The number of nitrogens with zero attached hydrogens (tertiary/aromatic N) is 1. The zero-order valence-electron chi connectivity index (χ0n) is 10.8. The van der Waals surface area contributed by atoms with E-state index in [0.717, 1.165) is 0 Å². The lowest BCUT2D eigenvalue weighted by atomic mass is 10.2. The maximum absolute atomic E-state index is 12.4. The summed E-state index contributed by atoms with van der Waals surface area (Å²) >= 11 is 5.99. The van der Waals surface area contributed by atoms with Crippen molar-refractivity contribution in [3.8, 4) is 0 Å². The number of oxazole rings is 1. The van der Waals surface area contributed by atoms with Crippen LogP contribution in [0.15, 0.2) is 52.1 Å². The highest BCUT2D eigenvalue weighted by Crippen LogP contribution is 2.25. The lowest BCUT2D eigenvalue weighted by molar-refractivity contribution is 0.458. The van der Waals surface area contributed by atoms with Crippen LogP contribution in [0, 0.1) is 0 Å². The second-order valence-corrected chi connectivity index (χ2v) is 6.83. The van der Waals surface area contributed by atoms with Crippen LogP contribution >= 0.6 is 11.6 Å². The highest BCUT2D eigenvalue weighted by Gasteiger charge is 2.23. The summed E-state index contributed by atoms with van der Waals surface area (Å²) < 4.78 is 30.0. The molecule has 5 nitrogen and oxygen atoms in total. The molecule has 2 N–H and O–H groups in total. The number of anilines is 1. The number of halogens is 1. The number of nitrogens with two attached hydrogens (primary N) is 1. The molecule has 7 heteroatoms. The molecule has 2 aromatic carbocycles. The van der Waals surface area contributed by atoms with Gasteiger partial charge in [-0.15, -0.1) is 0 Å². The molecule has 0 fully saturated rings. The molecule has 0 aliphatic heterocycles. The molecular weight excluding hydrogens is 312 g/mol. The minimum atomic E-state index is -3.71. The molecule has 1 aromatic heterocycles. The summed E-state index contributed by atoms with van der Waals surface area (Å²) in [5.74, 6) is -0.269. The van der Waals surface area contributed by atoms with Gasteiger partial charge in [0, 0.05) is 16.8 Å². The summed E-state index contributed by atoms with van der Waals surface area (Å²) in [7, 11) is -3.71. The number of nitrogen functional groups attached to an aromatic ring is 1. The first-order valence-corrected chi connectivity index (χ1v) is 8.11. The molecule has 0 unspecified atom stereocenters. The third-order valence-electron chi connectivity index (χ3n) is 2.96. The third-order valence-corrected chi connectivity index (χ3v) is 4.73. The van der Waals surface area contributed by atoms with Crippen LogP contribution in [0.5, 0.6) is 0 Å². The molecule has 3 aromatic rings. The van der Waals surface area contributed by atoms with Gasteiger partial charge in [0.1, 0.15) is 5.52 Å². The summed E-state index contributed by atoms with van der Waals surface area (Å²) in [5.41, 5.74) is 7.40. The standard InChI is InChI=1S/C14H11ClN2O3S/c15-11-4-2-1-3-9(11)8-21(18,19)14-17-12-6-5-10(16)7-13(12)20-14/h1-7H,8,16H2. The first-order chi connectivity index (χ1) is 9.95. The number of rotatable bonds is 3. The molecule has 0 spiro atoms. The molecule has 0 atom stereocenters. The van der Waals surface area contributed by atoms with Crippen molar-refractivity contribution in [3.63, 3.8) is 0 Å². The Bertz CT molecular complexity index is 919. The van der Waals surface area contributed by atoms with Crippen LogP contribution in [0.1, 0.15) is 5.56 Å². The van der Waals surface area contributed by atoms with Gasteiger partial charge in [0.25, 0.3) is 0 Å². The largest absolute Gasteiger partial charge is 0.428 e. The van der Waals surface area contributed by atoms with Crippen molar-refractivity contribution < 1.29 is 12.8 Å². The topological polar surface area (TPSA) is 86.2 Å². The fraction of sp³-hybridized carbons (Fsp3) is 0.0714. The summed E-state index contributed by atoms with van der Waals surface area (Å²) in [4.78, 5) is 4.00. The van der Waals surface area contributed by atoms with Crippen molar-refractivity contribution in [2.45, 2.75) is 11.0 Å². The molecule has 1 heterocycles. The van der Waals surface area contributed by atoms with Gasteiger partial charge in [-0.1, -0.05) is 29.8 Å². The molecule has 0 saturated heterocycles. The zero-order valence-corrected chi connectivity index (χ0v) is 12.4. The smallest absolute Gasteiger partial charge is 0.316 e. The zero-order chi connectivity index (χ0) is 15.0. The van der Waals surface area contributed by atoms with Gasteiger partial charge in [0.05, 0.1) is 5.75 Å². The van der Waals surface area contributed by atoms with E-state index < -0.39 is 9.84 Å². The van der Waals surface area contributed by atoms with Gasteiger partial charge in [-0.05, 0) is 23.8 Å². The predicted octanol–water partition coefficient (Wildman–Crippen LogP) is 3.04. The number of fused-ring (bicyclic) bond motifs is 1. The quantitative estimate of drug-likeness (QED) is 0.749. The van der Waals surface area contributed by atoms with Crippen LogP contribution in [-0.4, -0.2) is 13.4 Å². The van der Waals surface area contributed by atoms with Crippen molar-refractivity contribution >= 4 is 38.2 Å². The number of sulfone groups is 1. The highest BCUT2D eigenvalue weighted by atomic mass is 35.5. The minimum Gasteiger partial charge on any atom is -0.428 e. The minimum absolute atomic E-state index is 0.269. The number of benzene rings is 2. The van der Waals surface area contributed by atoms with Crippen LogP contribution in [0.25, 0.3) is 11.1 Å². The molecule has 0 radical (unpaired) electrons. The molecule has 0 aliphatic carbocycles. The van der Waals surface area contributed by atoms with Gasteiger partial charge in [-0.3, -0.25) is 0 Å². The lowest BCUT2D eigenvalue weighted by Crippen LogP contribution is -2.05. The molecule has 0 amide bonds. The number of aromatic nitrogens is 1. The van der Waals surface area contributed by atoms with Crippen molar-refractivity contribution in [1.82, 2.24) is 4.98 Å². The second kappa shape index (κ2) is 5.05. The number of hydrogen-bond acceptors (Lipinski definition) is 5. The molecule has 0 saturated carbocycles. The van der Waals surface area contributed by atoms with E-state index in [-0.39, 0.29) is 11.0 Å². The Labute approximate surface area is 126 Å². The monoisotopic (exact) mass is 322 g/mol. The van der Waals surface area contributed by atoms with E-state index in [1.165, 1.54) is 6.07 Å². The van der Waals surface area contributed by atoms with Gasteiger partial charge in [-0.2, -0.15) is 4.98 Å². The second-order valence-electron chi connectivity index (χ2n) is 4.56. The highest BCUT2D eigenvalue weighted by molar-refractivity contribution is 7.90. The Balaban J connectivity index is 2.02. The summed E-state index contributed by atoms with van der Waals surface area (Å²) in [5, 5.41) is 0.0597. The Kier molecular flexibility index (Phi) is 3.35. The maximum Gasteiger partial charge on any atom is 0.316 e. The Morgan fingerprint density at radius 2 is 1.95 bits per heavy atom. The summed E-state index contributed by atoms with van der Waals surface area (Å²) in [6, 6.07) is 11.5. The van der Waals surface area contributed by atoms with Crippen LogP contribution in [0.3, 0.4) is 0 Å². The Hall–Kier alpha value is -2.05. The molecule has 21 heavy (non-hydrogen) atoms. The predicted molar refractivity (Wildman–Crippen MR) is 80.8 cm³/mol. The van der Waals surface area contributed by atoms with E-state index in [1.807, 2.05) is 0 Å². The van der Waals surface area contributed by atoms with E-state index in [2.05, 4.69) is 4.98 Å². The average Bonchev–Trinajstić information content (AvgIpc) is 2.85. The molecule has 0 aliphatic rings. The van der Waals surface area contributed by atoms with Crippen LogP contribution in [-0.2, 0) is 15.6 Å². The van der Waals surface area contributed by atoms with Crippen LogP contribution in [0.2, 0.25) is 5.02 Å². The first kappa shape index (κ1) is 13.9. The van der Waals surface area contributed by atoms with E-state index in [9.17, 15) is 8.42 Å². The number of hydrogen-bond donors (Lipinski definition) is 1. The van der Waals surface area contributed by atoms with Crippen molar-refractivity contribution in [2.75, 3.05) is 5.73 Å². The first-order valence-electron chi connectivity index (χ1n) is 6.08. The van der Waals surface area contributed by atoms with E-state index in [0.29, 0.717) is 27.4 Å². The van der Waals surface area contributed by atoms with Crippen molar-refractivity contribution in [3.05, 3.63) is 53.1 Å². The molecule has 0 bridgehead atoms. The van der Waals surface area contributed by atoms with Gasteiger partial charge < -0.3 is 10.2 Å². The molecule has 3 rings (SSSR count). The average molecular weight is 323 g/mol. The third kappa shape index (κ3) is 2.72. The van der Waals surface area contributed by atoms with Crippen molar-refractivity contribution in [1.29, 1.82) is 0 Å². The molecule has 108 valence electrons. The fourth-order valence-electron chi connectivity index (χ4n) is 1.93. The van der Waals surface area contributed by atoms with E-state index >= 15 is 0 Å².